The molecule has 114 valence electrons. The Morgan fingerprint density at radius 2 is 2.10 bits per heavy atom. The highest BCUT2D eigenvalue weighted by Gasteiger charge is 2.57. The van der Waals surface area contributed by atoms with E-state index < -0.39 is 4.92 Å². The summed E-state index contributed by atoms with van der Waals surface area (Å²) in [5.41, 5.74) is -0.276. The Hall–Kier alpha value is -1.82. The molecule has 2 aliphatic rings. The fraction of sp³-hybridized carbons (Fsp3) is 0.600. The van der Waals surface area contributed by atoms with E-state index in [9.17, 15) is 15.2 Å². The second kappa shape index (κ2) is 5.18. The Labute approximate surface area is 122 Å². The molecule has 0 bridgehead atoms. The molecule has 0 heterocycles. The molecule has 2 fully saturated rings. The van der Waals surface area contributed by atoms with Crippen molar-refractivity contribution in [3.8, 4) is 11.5 Å². The van der Waals surface area contributed by atoms with Gasteiger partial charge in [-0.2, -0.15) is 0 Å². The first-order valence-electron chi connectivity index (χ1n) is 7.24. The number of nitro benzene ring substituents is 1. The van der Waals surface area contributed by atoms with Crippen LogP contribution < -0.4 is 9.47 Å². The largest absolute Gasteiger partial charge is 0.497 e. The predicted octanol–water partition coefficient (Wildman–Crippen LogP) is 2.68. The molecule has 1 spiro atoms. The molecule has 6 nitrogen and oxygen atoms in total. The predicted molar refractivity (Wildman–Crippen MR) is 75.6 cm³/mol. The fourth-order valence-electron chi connectivity index (χ4n) is 3.60. The Balaban J connectivity index is 1.86. The number of benzene rings is 1. The van der Waals surface area contributed by atoms with Crippen molar-refractivity contribution in [1.82, 2.24) is 0 Å². The van der Waals surface area contributed by atoms with E-state index in [2.05, 4.69) is 0 Å². The molecule has 0 aromatic heterocycles. The number of hydrogen-bond donors (Lipinski definition) is 1. The Morgan fingerprint density at radius 1 is 1.38 bits per heavy atom. The Kier molecular flexibility index (Phi) is 3.49. The first kappa shape index (κ1) is 14.1. The summed E-state index contributed by atoms with van der Waals surface area (Å²) in [6, 6.07) is 4.49. The highest BCUT2D eigenvalue weighted by molar-refractivity contribution is 5.51. The van der Waals surface area contributed by atoms with Crippen molar-refractivity contribution >= 4 is 5.69 Å². The van der Waals surface area contributed by atoms with E-state index in [0.29, 0.717) is 12.2 Å². The van der Waals surface area contributed by atoms with Gasteiger partial charge in [0.2, 0.25) is 5.75 Å². The van der Waals surface area contributed by atoms with Gasteiger partial charge in [-0.3, -0.25) is 10.1 Å². The maximum Gasteiger partial charge on any atom is 0.311 e. The molecule has 1 aromatic rings. The molecule has 0 radical (unpaired) electrons. The minimum atomic E-state index is -0.453. The zero-order valence-electron chi connectivity index (χ0n) is 11.9. The molecule has 2 unspecified atom stereocenters. The molecule has 0 saturated heterocycles. The average Bonchev–Trinajstić information content (AvgIpc) is 2.99. The van der Waals surface area contributed by atoms with Gasteiger partial charge in [0.25, 0.3) is 0 Å². The van der Waals surface area contributed by atoms with Crippen LogP contribution in [0.3, 0.4) is 0 Å². The lowest BCUT2D eigenvalue weighted by Gasteiger charge is -2.50. The lowest BCUT2D eigenvalue weighted by atomic mass is 9.62. The molecule has 0 aliphatic heterocycles. The minimum absolute atomic E-state index is 0.0645. The summed E-state index contributed by atoms with van der Waals surface area (Å²) in [6.07, 6.45) is 4.05. The van der Waals surface area contributed by atoms with Crippen molar-refractivity contribution in [2.45, 2.75) is 44.3 Å². The number of aliphatic hydroxyl groups is 1. The second-order valence-corrected chi connectivity index (χ2v) is 5.89. The molecular weight excluding hydrogens is 274 g/mol. The van der Waals surface area contributed by atoms with Gasteiger partial charge in [-0.05, 0) is 18.9 Å². The van der Waals surface area contributed by atoms with Gasteiger partial charge in [0.15, 0.2) is 0 Å². The number of methoxy groups -OCH3 is 1. The SMILES string of the molecule is COc1ccc([N+](=O)[O-])c(OC2CC(O)C23CCCC3)c1. The van der Waals surface area contributed by atoms with Crippen molar-refractivity contribution < 1.29 is 19.5 Å². The smallest absolute Gasteiger partial charge is 0.311 e. The number of hydrogen-bond acceptors (Lipinski definition) is 5. The van der Waals surface area contributed by atoms with Crippen LogP contribution in [-0.4, -0.2) is 29.3 Å². The highest BCUT2D eigenvalue weighted by Crippen LogP contribution is 2.55. The van der Waals surface area contributed by atoms with Crippen molar-refractivity contribution in [3.05, 3.63) is 28.3 Å². The highest BCUT2D eigenvalue weighted by atomic mass is 16.6. The topological polar surface area (TPSA) is 81.8 Å². The third-order valence-electron chi connectivity index (χ3n) is 4.91. The summed E-state index contributed by atoms with van der Waals surface area (Å²) in [5.74, 6) is 0.749. The molecule has 2 aliphatic carbocycles. The first-order chi connectivity index (χ1) is 10.1. The zero-order chi connectivity index (χ0) is 15.0. The molecule has 2 atom stereocenters. The summed E-state index contributed by atoms with van der Waals surface area (Å²) in [6.45, 7) is 0. The fourth-order valence-corrected chi connectivity index (χ4v) is 3.60. The standard InChI is InChI=1S/C15H19NO5/c1-20-10-4-5-11(16(18)19)12(8-10)21-14-9-13(17)15(14)6-2-3-7-15/h4-5,8,13-14,17H,2-3,6-7,9H2,1H3. The quantitative estimate of drug-likeness (QED) is 0.681. The van der Waals surface area contributed by atoms with Gasteiger partial charge in [-0.1, -0.05) is 12.8 Å². The summed E-state index contributed by atoms with van der Waals surface area (Å²) < 4.78 is 11.0. The van der Waals surface area contributed by atoms with Crippen LogP contribution in [0.15, 0.2) is 18.2 Å². The number of rotatable bonds is 4. The van der Waals surface area contributed by atoms with Crippen LogP contribution in [0.5, 0.6) is 11.5 Å². The van der Waals surface area contributed by atoms with Gasteiger partial charge in [0.05, 0.1) is 18.1 Å². The van der Waals surface area contributed by atoms with Crippen molar-refractivity contribution in [3.63, 3.8) is 0 Å². The van der Waals surface area contributed by atoms with Crippen LogP contribution >= 0.6 is 0 Å². The van der Waals surface area contributed by atoms with Crippen molar-refractivity contribution in [1.29, 1.82) is 0 Å². The van der Waals surface area contributed by atoms with Crippen LogP contribution in [0, 0.1) is 15.5 Å². The van der Waals surface area contributed by atoms with E-state index >= 15 is 0 Å². The van der Waals surface area contributed by atoms with E-state index in [-0.39, 0.29) is 29.1 Å². The molecule has 21 heavy (non-hydrogen) atoms. The van der Waals surface area contributed by atoms with Gasteiger partial charge in [0, 0.05) is 24.0 Å². The summed E-state index contributed by atoms with van der Waals surface area (Å²) in [4.78, 5) is 10.7. The van der Waals surface area contributed by atoms with Gasteiger partial charge >= 0.3 is 5.69 Å². The molecule has 1 aromatic carbocycles. The number of nitrogens with zero attached hydrogens (tertiary/aromatic N) is 1. The third-order valence-corrected chi connectivity index (χ3v) is 4.91. The van der Waals surface area contributed by atoms with Crippen LogP contribution in [0.1, 0.15) is 32.1 Å². The second-order valence-electron chi connectivity index (χ2n) is 5.89. The van der Waals surface area contributed by atoms with Crippen LogP contribution in [0.25, 0.3) is 0 Å². The molecular formula is C15H19NO5. The normalized spacial score (nSPS) is 26.4. The molecule has 2 saturated carbocycles. The summed E-state index contributed by atoms with van der Waals surface area (Å²) in [7, 11) is 1.51. The Bertz CT molecular complexity index is 553. The summed E-state index contributed by atoms with van der Waals surface area (Å²) in [5, 5.41) is 21.2. The van der Waals surface area contributed by atoms with Crippen LogP contribution in [0.2, 0.25) is 0 Å². The van der Waals surface area contributed by atoms with E-state index in [1.807, 2.05) is 0 Å². The van der Waals surface area contributed by atoms with E-state index in [1.54, 1.807) is 12.1 Å². The molecule has 0 amide bonds. The summed E-state index contributed by atoms with van der Waals surface area (Å²) >= 11 is 0. The molecule has 3 rings (SSSR count). The van der Waals surface area contributed by atoms with E-state index in [4.69, 9.17) is 9.47 Å². The van der Waals surface area contributed by atoms with Crippen LogP contribution in [-0.2, 0) is 0 Å². The molecule has 6 heteroatoms. The van der Waals surface area contributed by atoms with Crippen LogP contribution in [0.4, 0.5) is 5.69 Å². The lowest BCUT2D eigenvalue weighted by molar-refractivity contribution is -0.386. The first-order valence-corrected chi connectivity index (χ1v) is 7.24. The van der Waals surface area contributed by atoms with Gasteiger partial charge in [0.1, 0.15) is 11.9 Å². The van der Waals surface area contributed by atoms with Gasteiger partial charge in [-0.15, -0.1) is 0 Å². The lowest BCUT2D eigenvalue weighted by Crippen LogP contribution is -2.58. The monoisotopic (exact) mass is 293 g/mol. The van der Waals surface area contributed by atoms with E-state index in [0.717, 1.165) is 25.7 Å². The number of ether oxygens (including phenoxy) is 2. The third kappa shape index (κ3) is 2.23. The van der Waals surface area contributed by atoms with Gasteiger partial charge < -0.3 is 14.6 Å². The molecule has 1 N–H and O–H groups in total. The number of aliphatic hydroxyl groups excluding tert-OH is 1. The maximum atomic E-state index is 11.1. The zero-order valence-corrected chi connectivity index (χ0v) is 11.9. The number of nitro groups is 1. The van der Waals surface area contributed by atoms with Crippen molar-refractivity contribution in [2.24, 2.45) is 5.41 Å². The average molecular weight is 293 g/mol. The van der Waals surface area contributed by atoms with E-state index in [1.165, 1.54) is 13.2 Å². The maximum absolute atomic E-state index is 11.1. The Morgan fingerprint density at radius 3 is 2.67 bits per heavy atom. The minimum Gasteiger partial charge on any atom is -0.497 e. The van der Waals surface area contributed by atoms with Gasteiger partial charge in [-0.25, -0.2) is 0 Å². The van der Waals surface area contributed by atoms with Crippen molar-refractivity contribution in [2.75, 3.05) is 7.11 Å².